The minimum atomic E-state index is -0.281. The number of rotatable bonds is 2. The Hall–Kier alpha value is -0.340. The van der Waals surface area contributed by atoms with Crippen LogP contribution in [0.2, 0.25) is 0 Å². The van der Waals surface area contributed by atoms with Gasteiger partial charge in [0.05, 0.1) is 6.10 Å². The third-order valence-corrected chi connectivity index (χ3v) is 5.03. The van der Waals surface area contributed by atoms with Crippen molar-refractivity contribution in [1.82, 2.24) is 0 Å². The number of allylic oxidation sites excluding steroid dienone is 1. The van der Waals surface area contributed by atoms with E-state index in [1.165, 1.54) is 6.42 Å². The van der Waals surface area contributed by atoms with Crippen molar-refractivity contribution < 1.29 is 10.2 Å². The molecular formula is C15H26O2. The molecule has 2 nitrogen and oxygen atoms in total. The second-order valence-corrected chi connectivity index (χ2v) is 6.33. The second kappa shape index (κ2) is 5.11. The Labute approximate surface area is 105 Å². The van der Waals surface area contributed by atoms with Crippen molar-refractivity contribution in [3.8, 4) is 0 Å². The normalized spacial score (nSPS) is 42.2. The highest BCUT2D eigenvalue weighted by Gasteiger charge is 2.42. The molecule has 0 radical (unpaired) electrons. The molecule has 2 heteroatoms. The zero-order chi connectivity index (χ0) is 12.6. The average molecular weight is 238 g/mol. The first kappa shape index (κ1) is 13.1. The van der Waals surface area contributed by atoms with Crippen LogP contribution in [0.3, 0.4) is 0 Å². The predicted molar refractivity (Wildman–Crippen MR) is 69.5 cm³/mol. The Bertz CT molecular complexity index is 295. The van der Waals surface area contributed by atoms with Gasteiger partial charge in [0.1, 0.15) is 0 Å². The summed E-state index contributed by atoms with van der Waals surface area (Å²) in [5.41, 5.74) is 1.13. The van der Waals surface area contributed by atoms with Gasteiger partial charge in [0.15, 0.2) is 0 Å². The highest BCUT2D eigenvalue weighted by Crippen LogP contribution is 2.47. The number of fused-ring (bicyclic) bond motifs is 1. The van der Waals surface area contributed by atoms with Crippen molar-refractivity contribution in [3.05, 3.63) is 11.6 Å². The summed E-state index contributed by atoms with van der Waals surface area (Å²) < 4.78 is 0. The molecular weight excluding hydrogens is 212 g/mol. The van der Waals surface area contributed by atoms with Crippen LogP contribution in [0.1, 0.15) is 40.0 Å². The zero-order valence-electron chi connectivity index (χ0n) is 11.3. The Morgan fingerprint density at radius 3 is 2.65 bits per heavy atom. The molecule has 0 aromatic carbocycles. The third-order valence-electron chi connectivity index (χ3n) is 5.03. The summed E-state index contributed by atoms with van der Waals surface area (Å²) in [5.74, 6) is 2.88. The van der Waals surface area contributed by atoms with Crippen molar-refractivity contribution in [1.29, 1.82) is 0 Å². The van der Waals surface area contributed by atoms with E-state index in [9.17, 15) is 10.2 Å². The molecule has 98 valence electrons. The Balaban J connectivity index is 2.25. The van der Waals surface area contributed by atoms with Gasteiger partial charge >= 0.3 is 0 Å². The number of aliphatic hydroxyl groups excluding tert-OH is 2. The monoisotopic (exact) mass is 238 g/mol. The molecule has 0 bridgehead atoms. The molecule has 0 amide bonds. The van der Waals surface area contributed by atoms with Crippen LogP contribution in [0.5, 0.6) is 0 Å². The van der Waals surface area contributed by atoms with Crippen LogP contribution in [0.25, 0.3) is 0 Å². The van der Waals surface area contributed by atoms with Crippen LogP contribution in [0.15, 0.2) is 11.6 Å². The second-order valence-electron chi connectivity index (χ2n) is 6.33. The molecule has 0 aromatic heterocycles. The van der Waals surface area contributed by atoms with E-state index in [-0.39, 0.29) is 12.7 Å². The fourth-order valence-corrected chi connectivity index (χ4v) is 3.90. The molecule has 1 saturated carbocycles. The minimum Gasteiger partial charge on any atom is -0.396 e. The molecule has 0 aromatic rings. The maximum absolute atomic E-state index is 10.0. The van der Waals surface area contributed by atoms with Gasteiger partial charge in [0.25, 0.3) is 0 Å². The highest BCUT2D eigenvalue weighted by molar-refractivity contribution is 5.15. The molecule has 2 rings (SSSR count). The predicted octanol–water partition coefficient (Wildman–Crippen LogP) is 2.60. The molecule has 0 spiro atoms. The van der Waals surface area contributed by atoms with Crippen molar-refractivity contribution in [3.63, 3.8) is 0 Å². The largest absolute Gasteiger partial charge is 0.396 e. The van der Waals surface area contributed by atoms with Crippen LogP contribution in [0, 0.1) is 29.6 Å². The fraction of sp³-hybridized carbons (Fsp3) is 0.867. The van der Waals surface area contributed by atoms with Crippen LogP contribution in [-0.4, -0.2) is 22.9 Å². The maximum Gasteiger partial charge on any atom is 0.0750 e. The lowest BCUT2D eigenvalue weighted by Gasteiger charge is -2.46. The Kier molecular flexibility index (Phi) is 3.94. The standard InChI is InChI=1S/C15H26O2/c1-9(2)12-5-4-11(8-16)13-7-15(17)10(3)6-14(12)13/h6,9,11-17H,4-5,7-8H2,1-3H3/t11-,12-,13+,14-,15-/m1/s1. The lowest BCUT2D eigenvalue weighted by Crippen LogP contribution is -2.42. The summed E-state index contributed by atoms with van der Waals surface area (Å²) >= 11 is 0. The van der Waals surface area contributed by atoms with E-state index in [1.807, 2.05) is 6.92 Å². The van der Waals surface area contributed by atoms with Crippen LogP contribution in [0.4, 0.5) is 0 Å². The van der Waals surface area contributed by atoms with Crippen molar-refractivity contribution in [2.24, 2.45) is 29.6 Å². The minimum absolute atomic E-state index is 0.281. The van der Waals surface area contributed by atoms with Gasteiger partial charge in [-0.05, 0) is 61.3 Å². The van der Waals surface area contributed by atoms with Crippen LogP contribution >= 0.6 is 0 Å². The van der Waals surface area contributed by atoms with E-state index in [0.29, 0.717) is 23.7 Å². The molecule has 17 heavy (non-hydrogen) atoms. The summed E-state index contributed by atoms with van der Waals surface area (Å²) in [5, 5.41) is 19.5. The number of aliphatic hydroxyl groups is 2. The maximum atomic E-state index is 10.0. The molecule has 0 heterocycles. The summed E-state index contributed by atoms with van der Waals surface area (Å²) in [4.78, 5) is 0. The molecule has 0 unspecified atom stereocenters. The molecule has 2 aliphatic carbocycles. The van der Waals surface area contributed by atoms with Crippen molar-refractivity contribution >= 4 is 0 Å². The average Bonchev–Trinajstić information content (AvgIpc) is 2.29. The first-order valence-electron chi connectivity index (χ1n) is 7.01. The van der Waals surface area contributed by atoms with Crippen molar-refractivity contribution in [2.45, 2.75) is 46.1 Å². The van der Waals surface area contributed by atoms with Crippen LogP contribution in [-0.2, 0) is 0 Å². The highest BCUT2D eigenvalue weighted by atomic mass is 16.3. The van der Waals surface area contributed by atoms with Gasteiger partial charge in [-0.25, -0.2) is 0 Å². The SMILES string of the molecule is CC1=C[C@H]2[C@@H](C[C@H]1O)[C@@H](CO)CC[C@@H]2C(C)C. The van der Waals surface area contributed by atoms with E-state index in [4.69, 9.17) is 0 Å². The van der Waals surface area contributed by atoms with Crippen molar-refractivity contribution in [2.75, 3.05) is 6.61 Å². The summed E-state index contributed by atoms with van der Waals surface area (Å²) in [6.07, 6.45) is 5.22. The first-order chi connectivity index (χ1) is 8.04. The van der Waals surface area contributed by atoms with Gasteiger partial charge in [-0.3, -0.25) is 0 Å². The van der Waals surface area contributed by atoms with E-state index in [2.05, 4.69) is 19.9 Å². The van der Waals surface area contributed by atoms with Gasteiger partial charge in [-0.15, -0.1) is 0 Å². The van der Waals surface area contributed by atoms with Gasteiger partial charge in [-0.2, -0.15) is 0 Å². The summed E-state index contributed by atoms with van der Waals surface area (Å²) in [6.45, 7) is 6.93. The Morgan fingerprint density at radius 2 is 2.06 bits per heavy atom. The molecule has 0 saturated heterocycles. The number of hydrogen-bond acceptors (Lipinski definition) is 2. The first-order valence-corrected chi connectivity index (χ1v) is 7.01. The van der Waals surface area contributed by atoms with E-state index in [1.54, 1.807) is 0 Å². The van der Waals surface area contributed by atoms with E-state index < -0.39 is 0 Å². The number of hydrogen-bond donors (Lipinski definition) is 2. The van der Waals surface area contributed by atoms with Gasteiger partial charge in [-0.1, -0.05) is 19.9 Å². The molecule has 0 aliphatic heterocycles. The van der Waals surface area contributed by atoms with Gasteiger partial charge < -0.3 is 10.2 Å². The lowest BCUT2D eigenvalue weighted by atomic mass is 9.59. The van der Waals surface area contributed by atoms with E-state index >= 15 is 0 Å². The third kappa shape index (κ3) is 2.43. The Morgan fingerprint density at radius 1 is 1.35 bits per heavy atom. The van der Waals surface area contributed by atoms with Crippen LogP contribution < -0.4 is 0 Å². The quantitative estimate of drug-likeness (QED) is 0.726. The molecule has 5 atom stereocenters. The fourth-order valence-electron chi connectivity index (χ4n) is 3.90. The lowest BCUT2D eigenvalue weighted by molar-refractivity contribution is 0.0158. The summed E-state index contributed by atoms with van der Waals surface area (Å²) in [6, 6.07) is 0. The molecule has 2 aliphatic rings. The van der Waals surface area contributed by atoms with Gasteiger partial charge in [0.2, 0.25) is 0 Å². The smallest absolute Gasteiger partial charge is 0.0750 e. The van der Waals surface area contributed by atoms with E-state index in [0.717, 1.165) is 24.3 Å². The van der Waals surface area contributed by atoms with Gasteiger partial charge in [0, 0.05) is 6.61 Å². The molecule has 1 fully saturated rings. The summed E-state index contributed by atoms with van der Waals surface area (Å²) in [7, 11) is 0. The molecule has 2 N–H and O–H groups in total. The topological polar surface area (TPSA) is 40.5 Å². The zero-order valence-corrected chi connectivity index (χ0v) is 11.3.